The van der Waals surface area contributed by atoms with E-state index in [2.05, 4.69) is 10.6 Å². The number of carbonyl (C=O) groups is 2. The maximum absolute atomic E-state index is 13.0. The van der Waals surface area contributed by atoms with Crippen LogP contribution in [0.2, 0.25) is 0 Å². The summed E-state index contributed by atoms with van der Waals surface area (Å²) in [6.45, 7) is 2.39. The third-order valence-corrected chi connectivity index (χ3v) is 2.90. The molecule has 0 aliphatic carbocycles. The molecule has 2 N–H and O–H groups in total. The van der Waals surface area contributed by atoms with Crippen molar-refractivity contribution in [3.8, 4) is 0 Å². The lowest BCUT2D eigenvalue weighted by atomic mass is 10.1. The third kappa shape index (κ3) is 6.35. The SMILES string of the molecule is CCCCC(COC)NC(=O)C(=O)Nc1cccc(F)c1. The monoisotopic (exact) mass is 296 g/mol. The minimum atomic E-state index is -0.821. The van der Waals surface area contributed by atoms with Gasteiger partial charge in [-0.25, -0.2) is 4.39 Å². The Balaban J connectivity index is 2.54. The van der Waals surface area contributed by atoms with E-state index < -0.39 is 17.6 Å². The van der Waals surface area contributed by atoms with E-state index in [-0.39, 0.29) is 11.7 Å². The Kier molecular flexibility index (Phi) is 7.39. The molecule has 0 aliphatic heterocycles. The zero-order valence-electron chi connectivity index (χ0n) is 12.3. The largest absolute Gasteiger partial charge is 0.383 e. The Morgan fingerprint density at radius 2 is 2.10 bits per heavy atom. The maximum atomic E-state index is 13.0. The predicted molar refractivity (Wildman–Crippen MR) is 78.4 cm³/mol. The number of ether oxygens (including phenoxy) is 1. The number of benzene rings is 1. The van der Waals surface area contributed by atoms with E-state index in [0.29, 0.717) is 6.61 Å². The molecule has 0 saturated carbocycles. The van der Waals surface area contributed by atoms with Crippen molar-refractivity contribution in [3.05, 3.63) is 30.1 Å². The summed E-state index contributed by atoms with van der Waals surface area (Å²) in [5.74, 6) is -2.05. The molecule has 0 spiro atoms. The molecule has 2 amide bonds. The number of hydrogen-bond acceptors (Lipinski definition) is 3. The van der Waals surface area contributed by atoms with Crippen LogP contribution in [0.4, 0.5) is 10.1 Å². The summed E-state index contributed by atoms with van der Waals surface area (Å²) >= 11 is 0. The van der Waals surface area contributed by atoms with Gasteiger partial charge < -0.3 is 15.4 Å². The van der Waals surface area contributed by atoms with Gasteiger partial charge in [0.2, 0.25) is 0 Å². The summed E-state index contributed by atoms with van der Waals surface area (Å²) in [4.78, 5) is 23.6. The zero-order chi connectivity index (χ0) is 15.7. The van der Waals surface area contributed by atoms with E-state index in [1.807, 2.05) is 6.92 Å². The first-order chi connectivity index (χ1) is 10.1. The fourth-order valence-electron chi connectivity index (χ4n) is 1.85. The Hall–Kier alpha value is -1.95. The van der Waals surface area contributed by atoms with Gasteiger partial charge in [-0.05, 0) is 24.6 Å². The third-order valence-electron chi connectivity index (χ3n) is 2.90. The van der Waals surface area contributed by atoms with Gasteiger partial charge in [0.05, 0.1) is 12.6 Å². The Labute approximate surface area is 123 Å². The van der Waals surface area contributed by atoms with Crippen LogP contribution in [-0.2, 0) is 14.3 Å². The van der Waals surface area contributed by atoms with Gasteiger partial charge in [-0.3, -0.25) is 9.59 Å². The summed E-state index contributed by atoms with van der Waals surface area (Å²) in [6, 6.07) is 5.17. The second-order valence-corrected chi connectivity index (χ2v) is 4.73. The zero-order valence-corrected chi connectivity index (χ0v) is 12.3. The summed E-state index contributed by atoms with van der Waals surface area (Å²) < 4.78 is 18.0. The highest BCUT2D eigenvalue weighted by atomic mass is 19.1. The number of anilines is 1. The minimum absolute atomic E-state index is 0.208. The van der Waals surface area contributed by atoms with Crippen molar-refractivity contribution >= 4 is 17.5 Å². The molecule has 0 fully saturated rings. The lowest BCUT2D eigenvalue weighted by molar-refractivity contribution is -0.136. The summed E-state index contributed by atoms with van der Waals surface area (Å²) in [7, 11) is 1.54. The molecule has 1 unspecified atom stereocenters. The number of unbranched alkanes of at least 4 members (excludes halogenated alkanes) is 1. The number of carbonyl (C=O) groups excluding carboxylic acids is 2. The van der Waals surface area contributed by atoms with Gasteiger partial charge in [-0.2, -0.15) is 0 Å². The molecule has 21 heavy (non-hydrogen) atoms. The minimum Gasteiger partial charge on any atom is -0.383 e. The topological polar surface area (TPSA) is 67.4 Å². The summed E-state index contributed by atoms with van der Waals surface area (Å²) in [5.41, 5.74) is 0.243. The van der Waals surface area contributed by atoms with Crippen LogP contribution in [0.25, 0.3) is 0 Å². The molecule has 0 heterocycles. The molecule has 1 aromatic carbocycles. The number of nitrogens with one attached hydrogen (secondary N) is 2. The van der Waals surface area contributed by atoms with Crippen LogP contribution in [0, 0.1) is 5.82 Å². The standard InChI is InChI=1S/C15H21FN2O3/c1-3-4-7-13(10-21-2)18-15(20)14(19)17-12-8-5-6-11(16)9-12/h5-6,8-9,13H,3-4,7,10H2,1-2H3,(H,17,19)(H,18,20). The van der Waals surface area contributed by atoms with Gasteiger partial charge in [-0.15, -0.1) is 0 Å². The van der Waals surface area contributed by atoms with Gasteiger partial charge in [0.25, 0.3) is 0 Å². The molecule has 6 heteroatoms. The normalized spacial score (nSPS) is 11.8. The molecular weight excluding hydrogens is 275 g/mol. The molecular formula is C15H21FN2O3. The molecule has 1 atom stereocenters. The van der Waals surface area contributed by atoms with Gasteiger partial charge in [-0.1, -0.05) is 25.8 Å². The van der Waals surface area contributed by atoms with Crippen molar-refractivity contribution in [1.82, 2.24) is 5.32 Å². The van der Waals surface area contributed by atoms with Gasteiger partial charge in [0, 0.05) is 12.8 Å². The molecule has 0 saturated heterocycles. The fourth-order valence-corrected chi connectivity index (χ4v) is 1.85. The lowest BCUT2D eigenvalue weighted by Crippen LogP contribution is -2.43. The number of halogens is 1. The van der Waals surface area contributed by atoms with Crippen molar-refractivity contribution in [2.75, 3.05) is 19.0 Å². The molecule has 0 radical (unpaired) electrons. The molecule has 1 rings (SSSR count). The van der Waals surface area contributed by atoms with Crippen LogP contribution in [0.1, 0.15) is 26.2 Å². The maximum Gasteiger partial charge on any atom is 0.313 e. The van der Waals surface area contributed by atoms with Gasteiger partial charge >= 0.3 is 11.8 Å². The van der Waals surface area contributed by atoms with Crippen LogP contribution >= 0.6 is 0 Å². The van der Waals surface area contributed by atoms with Crippen molar-refractivity contribution in [1.29, 1.82) is 0 Å². The highest BCUT2D eigenvalue weighted by Crippen LogP contribution is 2.09. The summed E-state index contributed by atoms with van der Waals surface area (Å²) in [6.07, 6.45) is 2.66. The van der Waals surface area contributed by atoms with Crippen molar-refractivity contribution in [3.63, 3.8) is 0 Å². The predicted octanol–water partition coefficient (Wildman–Crippen LogP) is 2.09. The van der Waals surface area contributed by atoms with E-state index >= 15 is 0 Å². The molecule has 0 bridgehead atoms. The molecule has 0 aromatic heterocycles. The fraction of sp³-hybridized carbons (Fsp3) is 0.467. The number of rotatable bonds is 7. The highest BCUT2D eigenvalue weighted by Gasteiger charge is 2.18. The van der Waals surface area contributed by atoms with E-state index in [0.717, 1.165) is 25.3 Å². The highest BCUT2D eigenvalue weighted by molar-refractivity contribution is 6.39. The van der Waals surface area contributed by atoms with E-state index in [9.17, 15) is 14.0 Å². The summed E-state index contributed by atoms with van der Waals surface area (Å²) in [5, 5.41) is 4.97. The Bertz CT molecular complexity index is 480. The average molecular weight is 296 g/mol. The quantitative estimate of drug-likeness (QED) is 0.757. The van der Waals surface area contributed by atoms with Gasteiger partial charge in [0.1, 0.15) is 5.82 Å². The Morgan fingerprint density at radius 3 is 2.71 bits per heavy atom. The van der Waals surface area contributed by atoms with Crippen molar-refractivity contribution < 1.29 is 18.7 Å². The first-order valence-corrected chi connectivity index (χ1v) is 6.93. The molecule has 5 nitrogen and oxygen atoms in total. The molecule has 0 aliphatic rings. The van der Waals surface area contributed by atoms with Crippen LogP contribution < -0.4 is 10.6 Å². The molecule has 1 aromatic rings. The van der Waals surface area contributed by atoms with E-state index in [4.69, 9.17) is 4.74 Å². The van der Waals surface area contributed by atoms with E-state index in [1.54, 1.807) is 0 Å². The van der Waals surface area contributed by atoms with Crippen LogP contribution in [-0.4, -0.2) is 31.6 Å². The van der Waals surface area contributed by atoms with Crippen LogP contribution in [0.3, 0.4) is 0 Å². The number of hydrogen-bond donors (Lipinski definition) is 2. The second kappa shape index (κ2) is 9.07. The van der Waals surface area contributed by atoms with Crippen LogP contribution in [0.5, 0.6) is 0 Å². The van der Waals surface area contributed by atoms with Crippen LogP contribution in [0.15, 0.2) is 24.3 Å². The first kappa shape index (κ1) is 17.1. The smallest absolute Gasteiger partial charge is 0.313 e. The number of methoxy groups -OCH3 is 1. The van der Waals surface area contributed by atoms with Crippen molar-refractivity contribution in [2.45, 2.75) is 32.2 Å². The number of amides is 2. The Morgan fingerprint density at radius 1 is 1.33 bits per heavy atom. The average Bonchev–Trinajstić information content (AvgIpc) is 2.44. The lowest BCUT2D eigenvalue weighted by Gasteiger charge is -2.17. The second-order valence-electron chi connectivity index (χ2n) is 4.73. The van der Waals surface area contributed by atoms with Gasteiger partial charge in [0.15, 0.2) is 0 Å². The van der Waals surface area contributed by atoms with E-state index in [1.165, 1.54) is 25.3 Å². The van der Waals surface area contributed by atoms with Crippen molar-refractivity contribution in [2.24, 2.45) is 0 Å². The molecule has 116 valence electrons. The first-order valence-electron chi connectivity index (χ1n) is 6.93.